The van der Waals surface area contributed by atoms with Crippen molar-refractivity contribution in [3.63, 3.8) is 0 Å². The van der Waals surface area contributed by atoms with E-state index in [1.54, 1.807) is 12.4 Å². The zero-order valence-electron chi connectivity index (χ0n) is 17.0. The van der Waals surface area contributed by atoms with Gasteiger partial charge in [0.05, 0.1) is 18.3 Å². The maximum atomic E-state index is 12.3. The number of aromatic amines is 1. The molecular weight excluding hydrogens is 388 g/mol. The molecule has 0 aliphatic heterocycles. The Labute approximate surface area is 180 Å². The molecule has 4 aromatic rings. The molecule has 2 aromatic heterocycles. The number of hydrogen-bond acceptors (Lipinski definition) is 5. The SMILES string of the molecule is Nc1ncc(-c2ccc(CNC(=O)Cc3ccc(NCc4ccccc4)nc3)cc2)[nH]1. The van der Waals surface area contributed by atoms with Crippen LogP contribution >= 0.6 is 0 Å². The van der Waals surface area contributed by atoms with Crippen LogP contribution in [-0.4, -0.2) is 20.9 Å². The molecular formula is C24H24N6O. The highest BCUT2D eigenvalue weighted by molar-refractivity contribution is 5.78. The Bertz CT molecular complexity index is 1120. The van der Waals surface area contributed by atoms with E-state index < -0.39 is 0 Å². The van der Waals surface area contributed by atoms with Crippen molar-refractivity contribution >= 4 is 17.7 Å². The Balaban J connectivity index is 1.24. The number of rotatable bonds is 8. The molecule has 0 radical (unpaired) electrons. The zero-order valence-corrected chi connectivity index (χ0v) is 17.0. The van der Waals surface area contributed by atoms with Gasteiger partial charge >= 0.3 is 0 Å². The lowest BCUT2D eigenvalue weighted by Crippen LogP contribution is -2.24. The summed E-state index contributed by atoms with van der Waals surface area (Å²) >= 11 is 0. The van der Waals surface area contributed by atoms with Crippen LogP contribution in [0.4, 0.5) is 11.8 Å². The van der Waals surface area contributed by atoms with E-state index in [0.29, 0.717) is 19.0 Å². The molecule has 156 valence electrons. The molecule has 0 saturated heterocycles. The molecule has 0 unspecified atom stereocenters. The van der Waals surface area contributed by atoms with Crippen LogP contribution < -0.4 is 16.4 Å². The average Bonchev–Trinajstić information content (AvgIpc) is 3.24. The Morgan fingerprint density at radius 2 is 1.58 bits per heavy atom. The molecule has 7 nitrogen and oxygen atoms in total. The number of anilines is 2. The maximum Gasteiger partial charge on any atom is 0.224 e. The summed E-state index contributed by atoms with van der Waals surface area (Å²) in [6, 6.07) is 21.8. The van der Waals surface area contributed by atoms with Crippen LogP contribution in [0.3, 0.4) is 0 Å². The van der Waals surface area contributed by atoms with Gasteiger partial charge in [-0.05, 0) is 28.3 Å². The van der Waals surface area contributed by atoms with E-state index in [2.05, 4.69) is 37.7 Å². The lowest BCUT2D eigenvalue weighted by molar-refractivity contribution is -0.120. The highest BCUT2D eigenvalue weighted by Crippen LogP contribution is 2.18. The molecule has 0 spiro atoms. The minimum Gasteiger partial charge on any atom is -0.369 e. The van der Waals surface area contributed by atoms with Gasteiger partial charge in [-0.15, -0.1) is 0 Å². The number of nitrogens with zero attached hydrogens (tertiary/aromatic N) is 2. The third-order valence-corrected chi connectivity index (χ3v) is 4.86. The summed E-state index contributed by atoms with van der Waals surface area (Å²) in [6.45, 7) is 1.18. The topological polar surface area (TPSA) is 109 Å². The van der Waals surface area contributed by atoms with Gasteiger partial charge in [0.25, 0.3) is 0 Å². The van der Waals surface area contributed by atoms with E-state index in [4.69, 9.17) is 5.73 Å². The minimum atomic E-state index is -0.0442. The summed E-state index contributed by atoms with van der Waals surface area (Å²) in [5.41, 5.74) is 10.5. The van der Waals surface area contributed by atoms with Crippen LogP contribution in [0.5, 0.6) is 0 Å². The number of benzene rings is 2. The highest BCUT2D eigenvalue weighted by Gasteiger charge is 2.06. The number of imidazole rings is 1. The van der Waals surface area contributed by atoms with Crippen LogP contribution in [0.2, 0.25) is 0 Å². The van der Waals surface area contributed by atoms with Gasteiger partial charge in [-0.1, -0.05) is 60.7 Å². The number of hydrogen-bond donors (Lipinski definition) is 4. The quantitative estimate of drug-likeness (QED) is 0.354. The lowest BCUT2D eigenvalue weighted by atomic mass is 10.1. The largest absolute Gasteiger partial charge is 0.369 e. The summed E-state index contributed by atoms with van der Waals surface area (Å²) in [5, 5.41) is 6.23. The molecule has 5 N–H and O–H groups in total. The van der Waals surface area contributed by atoms with Gasteiger partial charge in [0.2, 0.25) is 5.91 Å². The van der Waals surface area contributed by atoms with E-state index in [-0.39, 0.29) is 12.3 Å². The van der Waals surface area contributed by atoms with Crippen LogP contribution in [0.25, 0.3) is 11.3 Å². The van der Waals surface area contributed by atoms with Crippen LogP contribution in [0, 0.1) is 0 Å². The summed E-state index contributed by atoms with van der Waals surface area (Å²) in [7, 11) is 0. The fourth-order valence-corrected chi connectivity index (χ4v) is 3.16. The normalized spacial score (nSPS) is 10.6. The number of nitrogens with one attached hydrogen (secondary N) is 3. The second-order valence-electron chi connectivity index (χ2n) is 7.22. The summed E-state index contributed by atoms with van der Waals surface area (Å²) in [4.78, 5) is 23.7. The van der Waals surface area contributed by atoms with Crippen molar-refractivity contribution in [1.82, 2.24) is 20.3 Å². The first-order valence-electron chi connectivity index (χ1n) is 10.0. The third kappa shape index (κ3) is 5.70. The van der Waals surface area contributed by atoms with E-state index >= 15 is 0 Å². The Hall–Kier alpha value is -4.13. The fraction of sp³-hybridized carbons (Fsp3) is 0.125. The number of carbonyl (C=O) groups is 1. The van der Waals surface area contributed by atoms with Crippen molar-refractivity contribution in [3.05, 3.63) is 95.8 Å². The van der Waals surface area contributed by atoms with Crippen molar-refractivity contribution in [2.45, 2.75) is 19.5 Å². The lowest BCUT2D eigenvalue weighted by Gasteiger charge is -2.08. The van der Waals surface area contributed by atoms with Crippen molar-refractivity contribution in [2.75, 3.05) is 11.1 Å². The van der Waals surface area contributed by atoms with E-state index in [1.807, 2.05) is 54.6 Å². The van der Waals surface area contributed by atoms with Crippen LogP contribution in [0.1, 0.15) is 16.7 Å². The van der Waals surface area contributed by atoms with Crippen LogP contribution in [0.15, 0.2) is 79.1 Å². The van der Waals surface area contributed by atoms with Gasteiger partial charge in [-0.25, -0.2) is 9.97 Å². The van der Waals surface area contributed by atoms with Crippen LogP contribution in [-0.2, 0) is 24.3 Å². The summed E-state index contributed by atoms with van der Waals surface area (Å²) < 4.78 is 0. The predicted octanol–water partition coefficient (Wildman–Crippen LogP) is 3.52. The average molecular weight is 412 g/mol. The number of pyridine rings is 1. The molecule has 0 saturated carbocycles. The summed E-state index contributed by atoms with van der Waals surface area (Å²) in [5.74, 6) is 1.13. The highest BCUT2D eigenvalue weighted by atomic mass is 16.1. The molecule has 4 rings (SSSR count). The standard InChI is InChI=1S/C24H24N6O/c25-24-29-16-21(30-24)20-9-6-18(7-10-20)14-28-23(31)12-19-8-11-22(27-15-19)26-13-17-4-2-1-3-5-17/h1-11,15-16H,12-14H2,(H,26,27)(H,28,31)(H3,25,29,30). The number of nitrogens with two attached hydrogens (primary N) is 1. The van der Waals surface area contributed by atoms with Crippen molar-refractivity contribution < 1.29 is 4.79 Å². The van der Waals surface area contributed by atoms with E-state index in [0.717, 1.165) is 28.2 Å². The van der Waals surface area contributed by atoms with Gasteiger partial charge in [0.15, 0.2) is 5.95 Å². The minimum absolute atomic E-state index is 0.0442. The van der Waals surface area contributed by atoms with E-state index in [9.17, 15) is 4.79 Å². The molecule has 0 fully saturated rings. The van der Waals surface area contributed by atoms with Gasteiger partial charge in [0, 0.05) is 19.3 Å². The van der Waals surface area contributed by atoms with Gasteiger partial charge in [-0.2, -0.15) is 0 Å². The second-order valence-corrected chi connectivity index (χ2v) is 7.22. The molecule has 1 amide bonds. The Morgan fingerprint density at radius 1 is 0.839 bits per heavy atom. The maximum absolute atomic E-state index is 12.3. The monoisotopic (exact) mass is 412 g/mol. The number of amides is 1. The van der Waals surface area contributed by atoms with Gasteiger partial charge < -0.3 is 21.4 Å². The van der Waals surface area contributed by atoms with E-state index in [1.165, 1.54) is 5.56 Å². The second kappa shape index (κ2) is 9.58. The smallest absolute Gasteiger partial charge is 0.224 e. The number of carbonyl (C=O) groups excluding carboxylic acids is 1. The molecule has 0 atom stereocenters. The molecule has 0 aliphatic rings. The zero-order chi connectivity index (χ0) is 21.5. The van der Waals surface area contributed by atoms with Gasteiger partial charge in [0.1, 0.15) is 5.82 Å². The molecule has 0 bridgehead atoms. The van der Waals surface area contributed by atoms with Gasteiger partial charge in [-0.3, -0.25) is 4.79 Å². The number of aromatic nitrogens is 3. The Morgan fingerprint density at radius 3 is 2.26 bits per heavy atom. The third-order valence-electron chi connectivity index (χ3n) is 4.86. The molecule has 0 aliphatic carbocycles. The first kappa shape index (κ1) is 20.2. The molecule has 2 heterocycles. The number of H-pyrrole nitrogens is 1. The van der Waals surface area contributed by atoms with Crippen molar-refractivity contribution in [3.8, 4) is 11.3 Å². The molecule has 31 heavy (non-hydrogen) atoms. The molecule has 7 heteroatoms. The first-order valence-corrected chi connectivity index (χ1v) is 10.0. The predicted molar refractivity (Wildman–Crippen MR) is 122 cm³/mol. The molecule has 2 aromatic carbocycles. The fourth-order valence-electron chi connectivity index (χ4n) is 3.16. The van der Waals surface area contributed by atoms with Crippen molar-refractivity contribution in [2.24, 2.45) is 0 Å². The Kier molecular flexibility index (Phi) is 6.23. The number of nitrogen functional groups attached to an aromatic ring is 1. The van der Waals surface area contributed by atoms with Crippen molar-refractivity contribution in [1.29, 1.82) is 0 Å². The first-order chi connectivity index (χ1) is 15.2. The summed E-state index contributed by atoms with van der Waals surface area (Å²) in [6.07, 6.45) is 3.72.